The van der Waals surface area contributed by atoms with Crippen molar-refractivity contribution in [2.75, 3.05) is 6.61 Å². The Balaban J connectivity index is 2.29. The largest absolute Gasteiger partial charge is 0.373 e. The van der Waals surface area contributed by atoms with Crippen molar-refractivity contribution in [1.29, 1.82) is 0 Å². The van der Waals surface area contributed by atoms with Gasteiger partial charge in [0, 0.05) is 17.2 Å². The highest BCUT2D eigenvalue weighted by Crippen LogP contribution is 2.36. The van der Waals surface area contributed by atoms with Crippen molar-refractivity contribution >= 4 is 11.6 Å². The molecule has 2 atom stereocenters. The van der Waals surface area contributed by atoms with Gasteiger partial charge in [0.1, 0.15) is 5.82 Å². The molecule has 0 bridgehead atoms. The third-order valence-corrected chi connectivity index (χ3v) is 3.44. The van der Waals surface area contributed by atoms with E-state index in [4.69, 9.17) is 22.1 Å². The maximum absolute atomic E-state index is 13.7. The van der Waals surface area contributed by atoms with Crippen LogP contribution in [0.4, 0.5) is 4.39 Å². The number of halogens is 2. The number of ether oxygens (including phenoxy) is 1. The summed E-state index contributed by atoms with van der Waals surface area (Å²) >= 11 is 5.70. The van der Waals surface area contributed by atoms with Crippen molar-refractivity contribution in [3.8, 4) is 0 Å². The van der Waals surface area contributed by atoms with Crippen LogP contribution in [0.15, 0.2) is 18.2 Å². The fourth-order valence-corrected chi connectivity index (χ4v) is 2.29. The molecule has 2 unspecified atom stereocenters. The van der Waals surface area contributed by atoms with E-state index < -0.39 is 11.6 Å². The molecular formula is C12H15ClFNO. The Kier molecular flexibility index (Phi) is 3.19. The average molecular weight is 244 g/mol. The van der Waals surface area contributed by atoms with E-state index in [0.717, 1.165) is 12.8 Å². The average Bonchev–Trinajstić information content (AvgIpc) is 2.66. The van der Waals surface area contributed by atoms with Crippen LogP contribution in [0.5, 0.6) is 0 Å². The molecule has 16 heavy (non-hydrogen) atoms. The molecule has 0 aliphatic carbocycles. The number of hydrogen-bond acceptors (Lipinski definition) is 2. The summed E-state index contributed by atoms with van der Waals surface area (Å²) in [5, 5.41) is 0.381. The molecule has 2 rings (SSSR count). The van der Waals surface area contributed by atoms with E-state index in [1.54, 1.807) is 12.1 Å². The lowest BCUT2D eigenvalue weighted by Crippen LogP contribution is -2.38. The van der Waals surface area contributed by atoms with Crippen LogP contribution < -0.4 is 5.73 Å². The van der Waals surface area contributed by atoms with Gasteiger partial charge in [-0.15, -0.1) is 0 Å². The van der Waals surface area contributed by atoms with Gasteiger partial charge in [0.2, 0.25) is 0 Å². The van der Waals surface area contributed by atoms with Crippen molar-refractivity contribution < 1.29 is 9.13 Å². The predicted octanol–water partition coefficient (Wildman–Crippen LogP) is 3.05. The van der Waals surface area contributed by atoms with Crippen molar-refractivity contribution in [2.24, 2.45) is 5.73 Å². The third kappa shape index (κ3) is 2.08. The molecule has 0 aromatic heterocycles. The molecule has 1 aliphatic heterocycles. The van der Waals surface area contributed by atoms with Gasteiger partial charge < -0.3 is 10.5 Å². The van der Waals surface area contributed by atoms with Gasteiger partial charge >= 0.3 is 0 Å². The maximum atomic E-state index is 13.7. The van der Waals surface area contributed by atoms with E-state index in [-0.39, 0.29) is 5.82 Å². The summed E-state index contributed by atoms with van der Waals surface area (Å²) in [5.74, 6) is -0.364. The lowest BCUT2D eigenvalue weighted by Gasteiger charge is -2.30. The molecule has 1 heterocycles. The summed E-state index contributed by atoms with van der Waals surface area (Å²) in [6, 6.07) is 4.12. The molecular weight excluding hydrogens is 229 g/mol. The molecule has 2 N–H and O–H groups in total. The molecule has 0 saturated carbocycles. The van der Waals surface area contributed by atoms with Gasteiger partial charge in [-0.3, -0.25) is 0 Å². The highest BCUT2D eigenvalue weighted by molar-refractivity contribution is 6.30. The lowest BCUT2D eigenvalue weighted by molar-refractivity contribution is -0.00257. The smallest absolute Gasteiger partial charge is 0.129 e. The van der Waals surface area contributed by atoms with Crippen LogP contribution in [0.1, 0.15) is 31.4 Å². The first kappa shape index (κ1) is 11.8. The zero-order chi connectivity index (χ0) is 11.8. The number of rotatable bonds is 2. The molecule has 1 aromatic rings. The van der Waals surface area contributed by atoms with E-state index in [1.807, 2.05) is 6.92 Å². The monoisotopic (exact) mass is 243 g/mol. The summed E-state index contributed by atoms with van der Waals surface area (Å²) < 4.78 is 19.3. The molecule has 0 radical (unpaired) electrons. The second-order valence-electron chi connectivity index (χ2n) is 4.41. The van der Waals surface area contributed by atoms with Crippen molar-refractivity contribution in [2.45, 2.75) is 31.4 Å². The molecule has 1 fully saturated rings. The highest BCUT2D eigenvalue weighted by Gasteiger charge is 2.38. The topological polar surface area (TPSA) is 35.2 Å². The van der Waals surface area contributed by atoms with E-state index in [0.29, 0.717) is 17.2 Å². The van der Waals surface area contributed by atoms with Gasteiger partial charge in [0.05, 0.1) is 11.6 Å². The van der Waals surface area contributed by atoms with Crippen LogP contribution in [-0.2, 0) is 4.74 Å². The minimum atomic E-state index is -0.464. The fourth-order valence-electron chi connectivity index (χ4n) is 2.13. The number of nitrogens with two attached hydrogens (primary N) is 1. The zero-order valence-corrected chi connectivity index (χ0v) is 9.93. The lowest BCUT2D eigenvalue weighted by atomic mass is 9.88. The van der Waals surface area contributed by atoms with Gasteiger partial charge in [-0.1, -0.05) is 17.7 Å². The van der Waals surface area contributed by atoms with Crippen LogP contribution in [0.25, 0.3) is 0 Å². The second kappa shape index (κ2) is 4.32. The highest BCUT2D eigenvalue weighted by atomic mass is 35.5. The summed E-state index contributed by atoms with van der Waals surface area (Å²) in [4.78, 5) is 0. The fraction of sp³-hybridized carbons (Fsp3) is 0.500. The third-order valence-electron chi connectivity index (χ3n) is 3.20. The second-order valence-corrected chi connectivity index (χ2v) is 4.84. The van der Waals surface area contributed by atoms with Crippen LogP contribution in [0, 0.1) is 5.82 Å². The molecule has 1 saturated heterocycles. The van der Waals surface area contributed by atoms with Gasteiger partial charge in [-0.2, -0.15) is 0 Å². The summed E-state index contributed by atoms with van der Waals surface area (Å²) in [6.07, 6.45) is 1.83. The molecule has 4 heteroatoms. The number of benzene rings is 1. The number of hydrogen-bond donors (Lipinski definition) is 1. The quantitative estimate of drug-likeness (QED) is 0.867. The zero-order valence-electron chi connectivity index (χ0n) is 9.17. The van der Waals surface area contributed by atoms with Crippen LogP contribution in [0.2, 0.25) is 5.02 Å². The van der Waals surface area contributed by atoms with Crippen molar-refractivity contribution in [3.63, 3.8) is 0 Å². The van der Waals surface area contributed by atoms with E-state index in [9.17, 15) is 4.39 Å². The molecule has 2 nitrogen and oxygen atoms in total. The Labute approximate surface area is 99.5 Å². The molecule has 0 spiro atoms. The molecule has 1 aromatic carbocycles. The maximum Gasteiger partial charge on any atom is 0.129 e. The Morgan fingerprint density at radius 1 is 1.56 bits per heavy atom. The van der Waals surface area contributed by atoms with E-state index >= 15 is 0 Å². The molecule has 1 aliphatic rings. The van der Waals surface area contributed by atoms with Crippen LogP contribution in [-0.4, -0.2) is 12.2 Å². The Hall–Kier alpha value is -0.640. The minimum Gasteiger partial charge on any atom is -0.373 e. The van der Waals surface area contributed by atoms with Crippen LogP contribution in [0.3, 0.4) is 0 Å². The first-order valence-corrected chi connectivity index (χ1v) is 5.75. The standard InChI is InChI=1S/C12H15ClFNO/c1-12(5-2-6-16-12)11(15)9-4-3-8(13)7-10(9)14/h3-4,7,11H,2,5-6,15H2,1H3. The Morgan fingerprint density at radius 3 is 2.88 bits per heavy atom. The Bertz CT molecular complexity index is 391. The van der Waals surface area contributed by atoms with E-state index in [2.05, 4.69) is 0 Å². The Morgan fingerprint density at radius 2 is 2.31 bits per heavy atom. The molecule has 88 valence electrons. The molecule has 0 amide bonds. The van der Waals surface area contributed by atoms with Gasteiger partial charge in [0.15, 0.2) is 0 Å². The van der Waals surface area contributed by atoms with E-state index in [1.165, 1.54) is 6.07 Å². The van der Waals surface area contributed by atoms with Gasteiger partial charge in [-0.25, -0.2) is 4.39 Å². The van der Waals surface area contributed by atoms with Gasteiger partial charge in [0.25, 0.3) is 0 Å². The van der Waals surface area contributed by atoms with Crippen LogP contribution >= 0.6 is 11.6 Å². The summed E-state index contributed by atoms with van der Waals surface area (Å²) in [6.45, 7) is 2.62. The summed E-state index contributed by atoms with van der Waals surface area (Å²) in [5.41, 5.74) is 6.08. The summed E-state index contributed by atoms with van der Waals surface area (Å²) in [7, 11) is 0. The first-order valence-electron chi connectivity index (χ1n) is 5.37. The minimum absolute atomic E-state index is 0.364. The normalized spacial score (nSPS) is 27.0. The SMILES string of the molecule is CC1(C(N)c2ccc(Cl)cc2F)CCCO1. The van der Waals surface area contributed by atoms with Crippen molar-refractivity contribution in [1.82, 2.24) is 0 Å². The van der Waals surface area contributed by atoms with Crippen molar-refractivity contribution in [3.05, 3.63) is 34.6 Å². The van der Waals surface area contributed by atoms with Gasteiger partial charge in [-0.05, 0) is 31.9 Å². The first-order chi connectivity index (χ1) is 7.53. The predicted molar refractivity (Wildman–Crippen MR) is 61.9 cm³/mol.